The quantitative estimate of drug-likeness (QED) is 0.769. The van der Waals surface area contributed by atoms with E-state index in [-0.39, 0.29) is 0 Å². The zero-order valence-electron chi connectivity index (χ0n) is 14.7. The van der Waals surface area contributed by atoms with Crippen molar-refractivity contribution in [3.8, 4) is 0 Å². The number of hydrogen-bond acceptors (Lipinski definition) is 3. The third-order valence-electron chi connectivity index (χ3n) is 2.90. The topological polar surface area (TPSA) is 64.3 Å². The van der Waals surface area contributed by atoms with Gasteiger partial charge < -0.3 is 15.8 Å². The molecule has 0 saturated carbocycles. The van der Waals surface area contributed by atoms with Crippen LogP contribution >= 0.6 is 23.2 Å². The fourth-order valence-electron chi connectivity index (χ4n) is 1.71. The molecule has 0 aromatic heterocycles. The smallest absolute Gasteiger partial charge is 0.407 e. The van der Waals surface area contributed by atoms with E-state index >= 15 is 0 Å². The first kappa shape index (κ1) is 21.3. The molecule has 3 N–H and O–H groups in total. The van der Waals surface area contributed by atoms with E-state index in [1.165, 1.54) is 0 Å². The molecule has 0 atom stereocenters. The van der Waals surface area contributed by atoms with Gasteiger partial charge >= 0.3 is 6.09 Å². The first-order chi connectivity index (χ1) is 11.7. The SMILES string of the molecule is CC(C)(C)OC(=O)NCc1ccc(Cl)cc1.NCc1ccc(Cl)cc1. The molecule has 136 valence electrons. The van der Waals surface area contributed by atoms with Gasteiger partial charge in [-0.15, -0.1) is 0 Å². The van der Waals surface area contributed by atoms with E-state index in [0.29, 0.717) is 18.1 Å². The van der Waals surface area contributed by atoms with Crippen molar-refractivity contribution in [3.05, 3.63) is 69.7 Å². The summed E-state index contributed by atoms with van der Waals surface area (Å²) in [5.41, 5.74) is 6.98. The van der Waals surface area contributed by atoms with Crippen LogP contribution in [0.1, 0.15) is 31.9 Å². The fraction of sp³-hybridized carbons (Fsp3) is 0.316. The van der Waals surface area contributed by atoms with Gasteiger partial charge in [-0.3, -0.25) is 0 Å². The normalized spacial score (nSPS) is 10.5. The number of ether oxygens (including phenoxy) is 1. The van der Waals surface area contributed by atoms with E-state index in [1.54, 1.807) is 12.1 Å². The Morgan fingerprint density at radius 3 is 1.80 bits per heavy atom. The molecule has 0 aliphatic carbocycles. The Bertz CT molecular complexity index is 651. The van der Waals surface area contributed by atoms with Crippen LogP contribution in [0, 0.1) is 0 Å². The highest BCUT2D eigenvalue weighted by atomic mass is 35.5. The number of alkyl carbamates (subject to hydrolysis) is 1. The van der Waals surface area contributed by atoms with Crippen molar-refractivity contribution < 1.29 is 9.53 Å². The van der Waals surface area contributed by atoms with Crippen molar-refractivity contribution in [2.45, 2.75) is 39.5 Å². The molecule has 2 aromatic rings. The van der Waals surface area contributed by atoms with Crippen LogP contribution < -0.4 is 11.1 Å². The number of halogens is 2. The molecule has 25 heavy (non-hydrogen) atoms. The average molecular weight is 383 g/mol. The van der Waals surface area contributed by atoms with E-state index in [1.807, 2.05) is 57.2 Å². The van der Waals surface area contributed by atoms with E-state index in [0.717, 1.165) is 16.1 Å². The highest BCUT2D eigenvalue weighted by molar-refractivity contribution is 6.30. The zero-order chi connectivity index (χ0) is 18.9. The number of nitrogens with one attached hydrogen (secondary N) is 1. The second-order valence-electron chi connectivity index (χ2n) is 6.31. The van der Waals surface area contributed by atoms with Crippen molar-refractivity contribution in [3.63, 3.8) is 0 Å². The van der Waals surface area contributed by atoms with Crippen LogP contribution in [-0.4, -0.2) is 11.7 Å². The summed E-state index contributed by atoms with van der Waals surface area (Å²) in [7, 11) is 0. The van der Waals surface area contributed by atoms with Crippen molar-refractivity contribution in [2.75, 3.05) is 0 Å². The predicted octanol–water partition coefficient (Wildman–Crippen LogP) is 5.16. The maximum atomic E-state index is 11.3. The van der Waals surface area contributed by atoms with Crippen LogP contribution in [0.5, 0.6) is 0 Å². The second-order valence-corrected chi connectivity index (χ2v) is 7.19. The van der Waals surface area contributed by atoms with Gasteiger partial charge in [0.25, 0.3) is 0 Å². The fourth-order valence-corrected chi connectivity index (χ4v) is 1.96. The average Bonchev–Trinajstić information content (AvgIpc) is 2.54. The minimum atomic E-state index is -0.468. The Balaban J connectivity index is 0.000000293. The van der Waals surface area contributed by atoms with Gasteiger partial charge in [0.2, 0.25) is 0 Å². The third kappa shape index (κ3) is 9.97. The van der Waals surface area contributed by atoms with Crippen LogP contribution in [-0.2, 0) is 17.8 Å². The van der Waals surface area contributed by atoms with Gasteiger partial charge in [0.05, 0.1) is 0 Å². The molecule has 0 heterocycles. The van der Waals surface area contributed by atoms with Gasteiger partial charge in [-0.1, -0.05) is 47.5 Å². The van der Waals surface area contributed by atoms with Gasteiger partial charge in [0.15, 0.2) is 0 Å². The molecule has 0 fully saturated rings. The number of rotatable bonds is 3. The highest BCUT2D eigenvalue weighted by Crippen LogP contribution is 2.10. The predicted molar refractivity (Wildman–Crippen MR) is 104 cm³/mol. The lowest BCUT2D eigenvalue weighted by molar-refractivity contribution is 0.0523. The summed E-state index contributed by atoms with van der Waals surface area (Å²) in [5, 5.41) is 4.11. The van der Waals surface area contributed by atoms with E-state index < -0.39 is 11.7 Å². The molecule has 6 heteroatoms. The third-order valence-corrected chi connectivity index (χ3v) is 3.40. The summed E-state index contributed by atoms with van der Waals surface area (Å²) in [4.78, 5) is 11.3. The minimum Gasteiger partial charge on any atom is -0.444 e. The van der Waals surface area contributed by atoms with E-state index in [4.69, 9.17) is 33.7 Å². The molecule has 4 nitrogen and oxygen atoms in total. The number of benzene rings is 2. The summed E-state index contributed by atoms with van der Waals surface area (Å²) in [6.07, 6.45) is -0.414. The number of carbonyl (C=O) groups excluding carboxylic acids is 1. The highest BCUT2D eigenvalue weighted by Gasteiger charge is 2.15. The monoisotopic (exact) mass is 382 g/mol. The molecular formula is C19H24Cl2N2O2. The standard InChI is InChI=1S/C12H16ClNO2.C7H8ClN/c1-12(2,3)16-11(15)14-8-9-4-6-10(13)7-5-9;8-7-3-1-6(5-9)2-4-7/h4-7H,8H2,1-3H3,(H,14,15);1-4H,5,9H2. The Morgan fingerprint density at radius 2 is 1.40 bits per heavy atom. The van der Waals surface area contributed by atoms with Gasteiger partial charge in [-0.05, 0) is 56.2 Å². The van der Waals surface area contributed by atoms with Gasteiger partial charge in [0, 0.05) is 23.1 Å². The number of nitrogens with two attached hydrogens (primary N) is 1. The van der Waals surface area contributed by atoms with Crippen LogP contribution in [0.4, 0.5) is 4.79 Å². The Morgan fingerprint density at radius 1 is 0.960 bits per heavy atom. The molecule has 0 spiro atoms. The molecular weight excluding hydrogens is 359 g/mol. The summed E-state index contributed by atoms with van der Waals surface area (Å²) < 4.78 is 5.11. The Hall–Kier alpha value is -1.75. The number of hydrogen-bond donors (Lipinski definition) is 2. The molecule has 2 aromatic carbocycles. The van der Waals surface area contributed by atoms with Crippen molar-refractivity contribution in [1.29, 1.82) is 0 Å². The first-order valence-corrected chi connectivity index (χ1v) is 8.61. The molecule has 0 aliphatic heterocycles. The van der Waals surface area contributed by atoms with Gasteiger partial charge in [0.1, 0.15) is 5.60 Å². The maximum absolute atomic E-state index is 11.3. The van der Waals surface area contributed by atoms with Gasteiger partial charge in [-0.2, -0.15) is 0 Å². The van der Waals surface area contributed by atoms with Crippen LogP contribution in [0.25, 0.3) is 0 Å². The number of carbonyl (C=O) groups is 1. The van der Waals surface area contributed by atoms with Crippen molar-refractivity contribution in [2.24, 2.45) is 5.73 Å². The molecule has 1 amide bonds. The first-order valence-electron chi connectivity index (χ1n) is 7.85. The molecule has 2 rings (SSSR count). The van der Waals surface area contributed by atoms with E-state index in [9.17, 15) is 4.79 Å². The summed E-state index contributed by atoms with van der Waals surface area (Å²) in [6, 6.07) is 14.8. The van der Waals surface area contributed by atoms with Crippen LogP contribution in [0.3, 0.4) is 0 Å². The molecule has 0 unspecified atom stereocenters. The van der Waals surface area contributed by atoms with Crippen LogP contribution in [0.15, 0.2) is 48.5 Å². The summed E-state index contributed by atoms with van der Waals surface area (Å²) in [6.45, 7) is 6.50. The van der Waals surface area contributed by atoms with Crippen molar-refractivity contribution >= 4 is 29.3 Å². The number of amides is 1. The lowest BCUT2D eigenvalue weighted by atomic mass is 10.2. The van der Waals surface area contributed by atoms with Crippen molar-refractivity contribution in [1.82, 2.24) is 5.32 Å². The summed E-state index contributed by atoms with van der Waals surface area (Å²) in [5.74, 6) is 0. The lowest BCUT2D eigenvalue weighted by Crippen LogP contribution is -2.32. The zero-order valence-corrected chi connectivity index (χ0v) is 16.2. The Labute approximate surface area is 159 Å². The molecule has 0 saturated heterocycles. The second kappa shape index (κ2) is 10.3. The van der Waals surface area contributed by atoms with Gasteiger partial charge in [-0.25, -0.2) is 4.79 Å². The molecule has 0 aliphatic rings. The lowest BCUT2D eigenvalue weighted by Gasteiger charge is -2.19. The minimum absolute atomic E-state index is 0.414. The van der Waals surface area contributed by atoms with E-state index in [2.05, 4.69) is 5.32 Å². The maximum Gasteiger partial charge on any atom is 0.407 e. The van der Waals surface area contributed by atoms with Crippen LogP contribution in [0.2, 0.25) is 10.0 Å². The molecule has 0 radical (unpaired) electrons. The largest absolute Gasteiger partial charge is 0.444 e. The molecule has 0 bridgehead atoms. The summed E-state index contributed by atoms with van der Waals surface area (Å²) >= 11 is 11.4. The Kier molecular flexibility index (Phi) is 8.76.